The first-order valence-electron chi connectivity index (χ1n) is 9.11. The van der Waals surface area contributed by atoms with Crippen LogP contribution in [0.5, 0.6) is 5.75 Å². The fraction of sp³-hybridized carbons (Fsp3) is 0.0417. The molecule has 4 rings (SSSR count). The average Bonchev–Trinajstić information content (AvgIpc) is 3.25. The van der Waals surface area contributed by atoms with Crippen molar-refractivity contribution < 1.29 is 14.3 Å². The van der Waals surface area contributed by atoms with Gasteiger partial charge in [-0.05, 0) is 24.3 Å². The molecule has 0 aliphatic rings. The normalized spacial score (nSPS) is 10.5. The second-order valence-electron chi connectivity index (χ2n) is 6.43. The number of hydrogen-bond acceptors (Lipinski definition) is 4. The minimum absolute atomic E-state index is 0.177. The number of methoxy groups -OCH3 is 1. The van der Waals surface area contributed by atoms with E-state index in [1.54, 1.807) is 37.4 Å². The molecule has 1 heterocycles. The third kappa shape index (κ3) is 3.71. The number of aromatic amines is 1. The molecule has 0 spiro atoms. The Morgan fingerprint density at radius 3 is 2.00 bits per heavy atom. The maximum Gasteiger partial charge on any atom is 0.251 e. The second kappa shape index (κ2) is 7.94. The molecule has 5 heteroatoms. The highest BCUT2D eigenvalue weighted by atomic mass is 16.5. The highest BCUT2D eigenvalue weighted by molar-refractivity contribution is 6.49. The number of Topliss-reactive ketones (excluding diaryl/α,β-unsaturated/α-hetero) is 2. The molecule has 5 nitrogen and oxygen atoms in total. The maximum absolute atomic E-state index is 13.0. The molecular formula is C24H18N2O3. The molecule has 4 aromatic rings. The number of imidazole rings is 1. The van der Waals surface area contributed by atoms with Crippen LogP contribution in [0, 0.1) is 0 Å². The number of ether oxygens (including phenoxy) is 1. The summed E-state index contributed by atoms with van der Waals surface area (Å²) in [7, 11) is 1.60. The highest BCUT2D eigenvalue weighted by Gasteiger charge is 2.25. The lowest BCUT2D eigenvalue weighted by Gasteiger charge is -2.02. The number of nitrogens with zero attached hydrogens (tertiary/aromatic N) is 1. The van der Waals surface area contributed by atoms with E-state index in [2.05, 4.69) is 9.97 Å². The number of hydrogen-bond donors (Lipinski definition) is 1. The number of rotatable bonds is 6. The monoisotopic (exact) mass is 382 g/mol. The van der Waals surface area contributed by atoms with E-state index in [4.69, 9.17) is 4.74 Å². The number of aromatic nitrogens is 2. The number of ketones is 2. The summed E-state index contributed by atoms with van der Waals surface area (Å²) >= 11 is 0. The first-order valence-corrected chi connectivity index (χ1v) is 9.11. The molecule has 142 valence electrons. The molecular weight excluding hydrogens is 364 g/mol. The van der Waals surface area contributed by atoms with Gasteiger partial charge in [0, 0.05) is 16.7 Å². The van der Waals surface area contributed by atoms with Crippen molar-refractivity contribution in [2.75, 3.05) is 7.11 Å². The van der Waals surface area contributed by atoms with Crippen molar-refractivity contribution in [2.24, 2.45) is 0 Å². The van der Waals surface area contributed by atoms with Crippen LogP contribution in [-0.2, 0) is 0 Å². The summed E-state index contributed by atoms with van der Waals surface area (Å²) in [5.41, 5.74) is 2.51. The largest absolute Gasteiger partial charge is 0.497 e. The SMILES string of the molecule is COc1ccc(-c2nc(-c3ccccc3)c(C(=O)C(=O)c3ccccc3)[nH]2)cc1. The summed E-state index contributed by atoms with van der Waals surface area (Å²) in [6, 6.07) is 25.2. The molecule has 1 aromatic heterocycles. The zero-order valence-electron chi connectivity index (χ0n) is 15.8. The van der Waals surface area contributed by atoms with Crippen LogP contribution >= 0.6 is 0 Å². The number of benzene rings is 3. The summed E-state index contributed by atoms with van der Waals surface area (Å²) in [6.45, 7) is 0. The molecule has 0 bridgehead atoms. The van der Waals surface area contributed by atoms with E-state index in [-0.39, 0.29) is 5.69 Å². The van der Waals surface area contributed by atoms with Crippen LogP contribution < -0.4 is 4.74 Å². The smallest absolute Gasteiger partial charge is 0.251 e. The first-order chi connectivity index (χ1) is 14.2. The van der Waals surface area contributed by atoms with Gasteiger partial charge in [0.15, 0.2) is 0 Å². The van der Waals surface area contributed by atoms with E-state index in [0.29, 0.717) is 17.1 Å². The molecule has 0 aliphatic heterocycles. The maximum atomic E-state index is 13.0. The molecule has 0 saturated heterocycles. The zero-order chi connectivity index (χ0) is 20.2. The van der Waals surface area contributed by atoms with E-state index in [1.165, 1.54) is 0 Å². The minimum Gasteiger partial charge on any atom is -0.497 e. The van der Waals surface area contributed by atoms with Crippen LogP contribution in [-0.4, -0.2) is 28.6 Å². The average molecular weight is 382 g/mol. The van der Waals surface area contributed by atoms with Gasteiger partial charge in [0.2, 0.25) is 5.78 Å². The quantitative estimate of drug-likeness (QED) is 0.383. The summed E-state index contributed by atoms with van der Waals surface area (Å²) in [6.07, 6.45) is 0. The van der Waals surface area contributed by atoms with E-state index < -0.39 is 11.6 Å². The number of nitrogens with one attached hydrogen (secondary N) is 1. The highest BCUT2D eigenvalue weighted by Crippen LogP contribution is 2.28. The van der Waals surface area contributed by atoms with Gasteiger partial charge in [-0.2, -0.15) is 0 Å². The Kier molecular flexibility index (Phi) is 5.03. The lowest BCUT2D eigenvalue weighted by atomic mass is 10.0. The van der Waals surface area contributed by atoms with Gasteiger partial charge in [0.25, 0.3) is 5.78 Å². The molecule has 0 saturated carbocycles. The third-order valence-corrected chi connectivity index (χ3v) is 4.58. The Labute approximate surface area is 168 Å². The lowest BCUT2D eigenvalue weighted by molar-refractivity contribution is 0.0815. The molecule has 1 N–H and O–H groups in total. The Hall–Kier alpha value is -3.99. The minimum atomic E-state index is -0.623. The molecule has 29 heavy (non-hydrogen) atoms. The molecule has 3 aromatic carbocycles. The topological polar surface area (TPSA) is 72.0 Å². The van der Waals surface area contributed by atoms with Crippen molar-refractivity contribution in [1.29, 1.82) is 0 Å². The molecule has 0 amide bonds. The summed E-state index contributed by atoms with van der Waals surface area (Å²) in [5.74, 6) is 0.0323. The van der Waals surface area contributed by atoms with Crippen molar-refractivity contribution in [3.8, 4) is 28.4 Å². The Bertz CT molecular complexity index is 1150. The lowest BCUT2D eigenvalue weighted by Crippen LogP contribution is -2.15. The zero-order valence-corrected chi connectivity index (χ0v) is 15.8. The van der Waals surface area contributed by atoms with Crippen LogP contribution in [0.25, 0.3) is 22.6 Å². The Balaban J connectivity index is 1.80. The van der Waals surface area contributed by atoms with Crippen LogP contribution in [0.15, 0.2) is 84.9 Å². The van der Waals surface area contributed by atoms with E-state index in [1.807, 2.05) is 54.6 Å². The van der Waals surface area contributed by atoms with Gasteiger partial charge in [-0.1, -0.05) is 60.7 Å². The van der Waals surface area contributed by atoms with Gasteiger partial charge in [-0.3, -0.25) is 9.59 Å². The van der Waals surface area contributed by atoms with Crippen molar-refractivity contribution in [2.45, 2.75) is 0 Å². The van der Waals surface area contributed by atoms with Crippen molar-refractivity contribution >= 4 is 11.6 Å². The predicted molar refractivity (Wildman–Crippen MR) is 111 cm³/mol. The van der Waals surface area contributed by atoms with Gasteiger partial charge < -0.3 is 9.72 Å². The number of H-pyrrole nitrogens is 1. The van der Waals surface area contributed by atoms with Gasteiger partial charge in [-0.15, -0.1) is 0 Å². The van der Waals surface area contributed by atoms with Crippen LogP contribution in [0.4, 0.5) is 0 Å². The van der Waals surface area contributed by atoms with Crippen LogP contribution in [0.1, 0.15) is 20.8 Å². The van der Waals surface area contributed by atoms with Crippen molar-refractivity contribution in [3.05, 3.63) is 96.2 Å². The van der Waals surface area contributed by atoms with Crippen LogP contribution in [0.2, 0.25) is 0 Å². The van der Waals surface area contributed by atoms with Gasteiger partial charge >= 0.3 is 0 Å². The van der Waals surface area contributed by atoms with Crippen molar-refractivity contribution in [1.82, 2.24) is 9.97 Å². The molecule has 0 aliphatic carbocycles. The molecule has 0 atom stereocenters. The first kappa shape index (κ1) is 18.4. The fourth-order valence-corrected chi connectivity index (χ4v) is 3.06. The molecule has 0 unspecified atom stereocenters. The van der Waals surface area contributed by atoms with Gasteiger partial charge in [0.1, 0.15) is 23.0 Å². The van der Waals surface area contributed by atoms with Gasteiger partial charge in [0.05, 0.1) is 7.11 Å². The number of carbonyl (C=O) groups is 2. The summed E-state index contributed by atoms with van der Waals surface area (Å²) < 4.78 is 5.19. The number of carbonyl (C=O) groups excluding carboxylic acids is 2. The summed E-state index contributed by atoms with van der Waals surface area (Å²) in [4.78, 5) is 33.5. The molecule has 0 fully saturated rings. The third-order valence-electron chi connectivity index (χ3n) is 4.58. The predicted octanol–water partition coefficient (Wildman–Crippen LogP) is 4.82. The van der Waals surface area contributed by atoms with E-state index >= 15 is 0 Å². The standard InChI is InChI=1S/C24H18N2O3/c1-29-19-14-12-18(13-15-19)24-25-20(16-8-4-2-5-9-16)21(26-24)23(28)22(27)17-10-6-3-7-11-17/h2-15H,1H3,(H,25,26). The summed E-state index contributed by atoms with van der Waals surface area (Å²) in [5, 5.41) is 0. The van der Waals surface area contributed by atoms with Gasteiger partial charge in [-0.25, -0.2) is 4.98 Å². The Morgan fingerprint density at radius 2 is 1.38 bits per heavy atom. The Morgan fingerprint density at radius 1 is 0.759 bits per heavy atom. The second-order valence-corrected chi connectivity index (χ2v) is 6.43. The van der Waals surface area contributed by atoms with Crippen molar-refractivity contribution in [3.63, 3.8) is 0 Å². The van der Waals surface area contributed by atoms with Crippen LogP contribution in [0.3, 0.4) is 0 Å². The van der Waals surface area contributed by atoms with E-state index in [9.17, 15) is 9.59 Å². The fourth-order valence-electron chi connectivity index (χ4n) is 3.06. The van der Waals surface area contributed by atoms with E-state index in [0.717, 1.165) is 16.9 Å². The molecule has 0 radical (unpaired) electrons.